The van der Waals surface area contributed by atoms with Crippen molar-refractivity contribution >= 4 is 17.6 Å². The lowest BCUT2D eigenvalue weighted by molar-refractivity contribution is -0.311. The number of rotatable bonds is 12. The van der Waals surface area contributed by atoms with Crippen LogP contribution in [0.2, 0.25) is 0 Å². The fourth-order valence-electron chi connectivity index (χ4n) is 6.70. The molecule has 3 fully saturated rings. The molecule has 45 heavy (non-hydrogen) atoms. The van der Waals surface area contributed by atoms with Gasteiger partial charge in [0.1, 0.15) is 17.8 Å². The molecule has 3 aliphatic rings. The van der Waals surface area contributed by atoms with Crippen molar-refractivity contribution in [2.24, 2.45) is 11.3 Å². The number of likely N-dealkylation sites (tertiary alicyclic amines) is 2. The number of hydrogen-bond acceptors (Lipinski definition) is 7. The average molecular weight is 618 g/mol. The van der Waals surface area contributed by atoms with Crippen LogP contribution in [0.4, 0.5) is 0 Å². The Morgan fingerprint density at radius 1 is 1.07 bits per heavy atom. The first-order chi connectivity index (χ1) is 21.4. The predicted molar refractivity (Wildman–Crippen MR) is 172 cm³/mol. The van der Waals surface area contributed by atoms with Crippen molar-refractivity contribution in [3.63, 3.8) is 0 Å². The van der Waals surface area contributed by atoms with E-state index in [1.165, 1.54) is 4.90 Å². The SMILES string of the molecule is CNN(/C=C(\[NH3+])C1CC1)[C@H](C(=O)N1CC(=O)C[C@H]1C(=O)NCCC1(O)CN(C(c2ccccc2)c2ccccc2)C1)C(C)(C)C. The van der Waals surface area contributed by atoms with Crippen LogP contribution < -0.4 is 16.5 Å². The normalized spacial score (nSPS) is 21.0. The molecule has 0 aromatic heterocycles. The molecule has 2 saturated heterocycles. The first-order valence-corrected chi connectivity index (χ1v) is 16.1. The molecule has 2 heterocycles. The molecule has 2 aromatic rings. The van der Waals surface area contributed by atoms with Crippen LogP contribution in [0.3, 0.4) is 0 Å². The molecule has 0 spiro atoms. The maximum atomic E-state index is 14.1. The highest BCUT2D eigenvalue weighted by atomic mass is 16.3. The minimum Gasteiger partial charge on any atom is -0.387 e. The molecule has 1 saturated carbocycles. The van der Waals surface area contributed by atoms with Gasteiger partial charge in [-0.05, 0) is 35.8 Å². The summed E-state index contributed by atoms with van der Waals surface area (Å²) in [6.45, 7) is 7.02. The third-order valence-corrected chi connectivity index (χ3v) is 9.21. The van der Waals surface area contributed by atoms with E-state index in [0.717, 1.165) is 29.7 Å². The molecular weight excluding hydrogens is 568 g/mol. The Balaban J connectivity index is 1.21. The number of benzene rings is 2. The van der Waals surface area contributed by atoms with Gasteiger partial charge in [0.25, 0.3) is 0 Å². The van der Waals surface area contributed by atoms with Gasteiger partial charge in [0.05, 0.1) is 24.4 Å². The van der Waals surface area contributed by atoms with E-state index in [1.807, 2.05) is 63.4 Å². The van der Waals surface area contributed by atoms with E-state index in [0.29, 0.717) is 25.4 Å². The number of β-amino-alcohol motifs (C(OH)–C–C–N with tert-alkyl or cyclic N) is 1. The van der Waals surface area contributed by atoms with Gasteiger partial charge in [0.15, 0.2) is 5.78 Å². The van der Waals surface area contributed by atoms with E-state index in [4.69, 9.17) is 0 Å². The highest BCUT2D eigenvalue weighted by Gasteiger charge is 2.47. The molecule has 5 rings (SSSR count). The highest BCUT2D eigenvalue weighted by Crippen LogP contribution is 2.37. The van der Waals surface area contributed by atoms with Crippen LogP contribution >= 0.6 is 0 Å². The van der Waals surface area contributed by atoms with Crippen molar-refractivity contribution in [3.05, 3.63) is 83.7 Å². The summed E-state index contributed by atoms with van der Waals surface area (Å²) in [7, 11) is 1.76. The number of hydrogen-bond donors (Lipinski definition) is 4. The Morgan fingerprint density at radius 3 is 2.16 bits per heavy atom. The van der Waals surface area contributed by atoms with Gasteiger partial charge < -0.3 is 21.1 Å². The van der Waals surface area contributed by atoms with E-state index >= 15 is 0 Å². The number of amides is 2. The molecular formula is C35H49N6O4+. The van der Waals surface area contributed by atoms with Gasteiger partial charge in [-0.2, -0.15) is 0 Å². The molecule has 0 unspecified atom stereocenters. The molecule has 2 aromatic carbocycles. The lowest BCUT2D eigenvalue weighted by atomic mass is 9.85. The van der Waals surface area contributed by atoms with Crippen LogP contribution in [-0.2, 0) is 14.4 Å². The topological polar surface area (TPSA) is 133 Å². The van der Waals surface area contributed by atoms with Crippen LogP contribution in [0, 0.1) is 11.3 Å². The first-order valence-electron chi connectivity index (χ1n) is 16.1. The zero-order valence-corrected chi connectivity index (χ0v) is 27.0. The van der Waals surface area contributed by atoms with Gasteiger partial charge in [0, 0.05) is 39.0 Å². The number of hydrazine groups is 1. The zero-order chi connectivity index (χ0) is 32.4. The fraction of sp³-hybridized carbons (Fsp3) is 0.514. The van der Waals surface area contributed by atoms with Crippen LogP contribution in [0.1, 0.15) is 63.6 Å². The lowest BCUT2D eigenvalue weighted by Gasteiger charge is -2.50. The van der Waals surface area contributed by atoms with Gasteiger partial charge in [-0.25, -0.2) is 5.43 Å². The summed E-state index contributed by atoms with van der Waals surface area (Å²) >= 11 is 0. The number of allylic oxidation sites excluding steroid dienone is 1. The molecule has 2 amide bonds. The monoisotopic (exact) mass is 617 g/mol. The lowest BCUT2D eigenvalue weighted by Crippen LogP contribution is -2.63. The predicted octanol–water partition coefficient (Wildman–Crippen LogP) is 1.84. The van der Waals surface area contributed by atoms with Crippen LogP contribution in [0.25, 0.3) is 0 Å². The van der Waals surface area contributed by atoms with E-state index in [-0.39, 0.29) is 43.1 Å². The second kappa shape index (κ2) is 13.4. The Morgan fingerprint density at radius 2 is 1.64 bits per heavy atom. The third-order valence-electron chi connectivity index (χ3n) is 9.21. The van der Waals surface area contributed by atoms with Crippen molar-refractivity contribution in [2.45, 2.75) is 70.2 Å². The van der Waals surface area contributed by atoms with Crippen molar-refractivity contribution in [2.75, 3.05) is 33.2 Å². The summed E-state index contributed by atoms with van der Waals surface area (Å²) in [5.41, 5.74) is 9.16. The van der Waals surface area contributed by atoms with E-state index < -0.39 is 23.1 Å². The van der Waals surface area contributed by atoms with Gasteiger partial charge in [-0.15, -0.1) is 0 Å². The van der Waals surface area contributed by atoms with Crippen molar-refractivity contribution in [1.82, 2.24) is 25.6 Å². The quantitative estimate of drug-likeness (QED) is 0.267. The number of quaternary nitrogens is 1. The van der Waals surface area contributed by atoms with Gasteiger partial charge >= 0.3 is 0 Å². The van der Waals surface area contributed by atoms with Crippen molar-refractivity contribution < 1.29 is 25.2 Å². The van der Waals surface area contributed by atoms with E-state index in [1.54, 1.807) is 12.1 Å². The first kappa shape index (κ1) is 32.8. The van der Waals surface area contributed by atoms with E-state index in [2.05, 4.69) is 45.6 Å². The maximum absolute atomic E-state index is 14.1. The molecule has 10 heteroatoms. The molecule has 2 aliphatic heterocycles. The second-order valence-corrected chi connectivity index (χ2v) is 14.0. The number of nitrogens with one attached hydrogen (secondary N) is 2. The number of aliphatic hydroxyl groups is 1. The summed E-state index contributed by atoms with van der Waals surface area (Å²) in [6.07, 6.45) is 4.44. The Labute approximate surface area is 266 Å². The Hall–Kier alpha value is -3.57. The molecule has 6 N–H and O–H groups in total. The minimum atomic E-state index is -0.944. The molecule has 2 atom stereocenters. The summed E-state index contributed by atoms with van der Waals surface area (Å²) < 4.78 is 0. The smallest absolute Gasteiger partial charge is 0.248 e. The van der Waals surface area contributed by atoms with Crippen molar-refractivity contribution in [1.29, 1.82) is 0 Å². The fourth-order valence-corrected chi connectivity index (χ4v) is 6.70. The molecule has 0 bridgehead atoms. The minimum absolute atomic E-state index is 0.0135. The van der Waals surface area contributed by atoms with Gasteiger partial charge in [0.2, 0.25) is 11.8 Å². The van der Waals surface area contributed by atoms with E-state index in [9.17, 15) is 19.5 Å². The molecule has 10 nitrogen and oxygen atoms in total. The summed E-state index contributed by atoms with van der Waals surface area (Å²) in [5.74, 6) is -0.345. The average Bonchev–Trinajstić information content (AvgIpc) is 3.77. The number of carbonyl (C=O) groups excluding carboxylic acids is 3. The zero-order valence-electron chi connectivity index (χ0n) is 27.0. The largest absolute Gasteiger partial charge is 0.387 e. The van der Waals surface area contributed by atoms with Crippen molar-refractivity contribution in [3.8, 4) is 0 Å². The van der Waals surface area contributed by atoms with Gasteiger partial charge in [-0.1, -0.05) is 81.4 Å². The van der Waals surface area contributed by atoms with Crippen LogP contribution in [0.15, 0.2) is 72.6 Å². The van der Waals surface area contributed by atoms with Crippen LogP contribution in [-0.4, -0.2) is 88.4 Å². The number of Topliss-reactive ketones (excluding diaryl/α,β-unsaturated/α-hetero) is 1. The Bertz CT molecular complexity index is 1340. The summed E-state index contributed by atoms with van der Waals surface area (Å²) in [4.78, 5) is 43.8. The Kier molecular flexibility index (Phi) is 9.79. The second-order valence-electron chi connectivity index (χ2n) is 14.0. The summed E-state index contributed by atoms with van der Waals surface area (Å²) in [6, 6.07) is 19.0. The number of nitrogens with zero attached hydrogens (tertiary/aromatic N) is 3. The molecule has 242 valence electrons. The standard InChI is InChI=1S/C35H48N6O4/c1-34(2,3)31(41(37-4)21-28(36)24-15-16-24)33(44)40-20-27(42)19-29(40)32(43)38-18-17-35(45)22-39(23-35)30(25-11-7-5-8-12-25)26-13-9-6-10-14-26/h5-14,21,24,29-31,37,45H,15-20,22-23,36H2,1-4H3,(H,38,43)/p+1/b28-21-/t29-,31+/m0/s1. The summed E-state index contributed by atoms with van der Waals surface area (Å²) in [5, 5.41) is 16.0. The number of ketones is 1. The highest BCUT2D eigenvalue weighted by molar-refractivity contribution is 6.00. The third kappa shape index (κ3) is 7.64. The number of carbonyl (C=O) groups is 3. The van der Waals surface area contributed by atoms with Gasteiger partial charge in [-0.3, -0.25) is 24.3 Å². The maximum Gasteiger partial charge on any atom is 0.248 e. The van der Waals surface area contributed by atoms with Crippen LogP contribution in [0.5, 0.6) is 0 Å². The molecule has 1 aliphatic carbocycles. The molecule has 0 radical (unpaired) electrons.